The van der Waals surface area contributed by atoms with Crippen LogP contribution in [0.15, 0.2) is 12.2 Å². The Kier molecular flexibility index (Phi) is 4.80. The molecular weight excluding hydrogens is 336 g/mol. The zero-order valence-electron chi connectivity index (χ0n) is 16.9. The summed E-state index contributed by atoms with van der Waals surface area (Å²) in [5.41, 5.74) is -3.72. The van der Waals surface area contributed by atoms with Crippen LogP contribution in [0.25, 0.3) is 0 Å². The van der Waals surface area contributed by atoms with Gasteiger partial charge in [0.05, 0.1) is 5.92 Å². The van der Waals surface area contributed by atoms with E-state index in [0.717, 1.165) is 0 Å². The van der Waals surface area contributed by atoms with Gasteiger partial charge in [-0.1, -0.05) is 6.58 Å². The van der Waals surface area contributed by atoms with Crippen molar-refractivity contribution in [3.8, 4) is 0 Å². The Labute approximate surface area is 155 Å². The average Bonchev–Trinajstić information content (AvgIpc) is 2.75. The Balaban J connectivity index is 2.21. The van der Waals surface area contributed by atoms with Crippen LogP contribution in [0.1, 0.15) is 67.7 Å². The van der Waals surface area contributed by atoms with Gasteiger partial charge < -0.3 is 14.2 Å². The highest BCUT2D eigenvalue weighted by atomic mass is 16.6. The number of carbonyl (C=O) groups is 3. The summed E-state index contributed by atoms with van der Waals surface area (Å²) in [6, 6.07) is 0. The highest BCUT2D eigenvalue weighted by Crippen LogP contribution is 2.51. The molecule has 2 bridgehead atoms. The van der Waals surface area contributed by atoms with Gasteiger partial charge in [0, 0.05) is 12.0 Å². The minimum Gasteiger partial charge on any atom is -0.455 e. The lowest BCUT2D eigenvalue weighted by Gasteiger charge is -2.47. The summed E-state index contributed by atoms with van der Waals surface area (Å²) < 4.78 is 17.0. The van der Waals surface area contributed by atoms with Gasteiger partial charge in [-0.25, -0.2) is 4.79 Å². The van der Waals surface area contributed by atoms with E-state index in [1.165, 1.54) is 0 Å². The van der Waals surface area contributed by atoms with Gasteiger partial charge in [0.1, 0.15) is 22.2 Å². The molecule has 3 atom stereocenters. The largest absolute Gasteiger partial charge is 0.455 e. The lowest BCUT2D eigenvalue weighted by molar-refractivity contribution is -0.215. The number of carbonyl (C=O) groups excluding carboxylic acids is 3. The van der Waals surface area contributed by atoms with Gasteiger partial charge in [0.2, 0.25) is 0 Å². The molecule has 1 saturated heterocycles. The normalized spacial score (nSPS) is 31.2. The number of esters is 3. The third-order valence-electron chi connectivity index (χ3n) is 6.41. The van der Waals surface area contributed by atoms with Crippen molar-refractivity contribution in [1.29, 1.82) is 0 Å². The fourth-order valence-corrected chi connectivity index (χ4v) is 3.34. The molecule has 1 aliphatic heterocycles. The van der Waals surface area contributed by atoms with Gasteiger partial charge in [-0.05, 0) is 61.3 Å². The molecule has 2 aliphatic rings. The summed E-state index contributed by atoms with van der Waals surface area (Å²) in [6.07, 6.45) is 1.73. The maximum Gasteiger partial charge on any atom is 0.333 e. The monoisotopic (exact) mass is 366 g/mol. The van der Waals surface area contributed by atoms with Crippen LogP contribution in [0.2, 0.25) is 0 Å². The van der Waals surface area contributed by atoms with Crippen molar-refractivity contribution in [2.24, 2.45) is 11.3 Å². The lowest BCUT2D eigenvalue weighted by Crippen LogP contribution is -2.58. The molecule has 3 unspecified atom stereocenters. The zero-order valence-corrected chi connectivity index (χ0v) is 16.9. The van der Waals surface area contributed by atoms with Crippen LogP contribution >= 0.6 is 0 Å². The standard InChI is InChI=1S/C20H30O6/c1-12(2)14(21)24-18(5,6)17(3,4)16(23)26-19(7)10-9-13-11-20(19,8)25-15(13)22/h13H,1,9-11H2,2-8H3. The van der Waals surface area contributed by atoms with E-state index < -0.39 is 34.2 Å². The van der Waals surface area contributed by atoms with Crippen LogP contribution in [-0.4, -0.2) is 34.7 Å². The third-order valence-corrected chi connectivity index (χ3v) is 6.41. The van der Waals surface area contributed by atoms with Crippen molar-refractivity contribution < 1.29 is 28.6 Å². The van der Waals surface area contributed by atoms with Crippen LogP contribution in [0.3, 0.4) is 0 Å². The number of rotatable bonds is 5. The van der Waals surface area contributed by atoms with E-state index in [1.54, 1.807) is 34.6 Å². The maximum atomic E-state index is 13.1. The van der Waals surface area contributed by atoms with Crippen molar-refractivity contribution in [2.45, 2.75) is 84.5 Å². The molecule has 2 rings (SSSR count). The number of fused-ring (bicyclic) bond motifs is 2. The predicted molar refractivity (Wildman–Crippen MR) is 95.1 cm³/mol. The minimum atomic E-state index is -1.11. The van der Waals surface area contributed by atoms with E-state index in [-0.39, 0.29) is 17.5 Å². The average molecular weight is 366 g/mol. The van der Waals surface area contributed by atoms with Gasteiger partial charge >= 0.3 is 17.9 Å². The fraction of sp³-hybridized carbons (Fsp3) is 0.750. The highest BCUT2D eigenvalue weighted by Gasteiger charge is 2.62. The highest BCUT2D eigenvalue weighted by molar-refractivity contribution is 5.88. The van der Waals surface area contributed by atoms with E-state index in [0.29, 0.717) is 19.3 Å². The smallest absolute Gasteiger partial charge is 0.333 e. The molecule has 146 valence electrons. The van der Waals surface area contributed by atoms with Crippen LogP contribution in [0.4, 0.5) is 0 Å². The Morgan fingerprint density at radius 3 is 2.35 bits per heavy atom. The predicted octanol–water partition coefficient (Wildman–Crippen LogP) is 3.33. The van der Waals surface area contributed by atoms with E-state index >= 15 is 0 Å². The van der Waals surface area contributed by atoms with Gasteiger partial charge in [0.25, 0.3) is 0 Å². The molecule has 0 aromatic carbocycles. The number of ether oxygens (including phenoxy) is 3. The van der Waals surface area contributed by atoms with Gasteiger partial charge in [-0.3, -0.25) is 9.59 Å². The molecule has 6 nitrogen and oxygen atoms in total. The van der Waals surface area contributed by atoms with Gasteiger partial charge in [-0.2, -0.15) is 0 Å². The summed E-state index contributed by atoms with van der Waals surface area (Å²) in [6.45, 7) is 15.5. The van der Waals surface area contributed by atoms with Crippen LogP contribution in [0.5, 0.6) is 0 Å². The molecular formula is C20H30O6. The second kappa shape index (κ2) is 6.10. The van der Waals surface area contributed by atoms with Crippen molar-refractivity contribution in [3.05, 3.63) is 12.2 Å². The first-order valence-corrected chi connectivity index (χ1v) is 9.00. The first kappa shape index (κ1) is 20.5. The van der Waals surface area contributed by atoms with Crippen LogP contribution in [0, 0.1) is 11.3 Å². The maximum absolute atomic E-state index is 13.1. The first-order valence-electron chi connectivity index (χ1n) is 9.00. The molecule has 0 aromatic heterocycles. The van der Waals surface area contributed by atoms with Gasteiger partial charge in [-0.15, -0.1) is 0 Å². The third kappa shape index (κ3) is 3.14. The summed E-state index contributed by atoms with van der Waals surface area (Å²) in [7, 11) is 0. The van der Waals surface area contributed by atoms with Crippen molar-refractivity contribution in [1.82, 2.24) is 0 Å². The summed E-state index contributed by atoms with van der Waals surface area (Å²) in [5, 5.41) is 0. The SMILES string of the molecule is C=C(C)C(=O)OC(C)(C)C(C)(C)C(=O)OC1(C)CCC2CC1(C)OC2=O. The second-order valence-electron chi connectivity index (χ2n) is 9.02. The summed E-state index contributed by atoms with van der Waals surface area (Å²) in [5.74, 6) is -1.39. The molecule has 0 N–H and O–H groups in total. The zero-order chi connectivity index (χ0) is 20.1. The molecule has 1 saturated carbocycles. The number of hydrogen-bond donors (Lipinski definition) is 0. The molecule has 26 heavy (non-hydrogen) atoms. The van der Waals surface area contributed by atoms with E-state index in [4.69, 9.17) is 14.2 Å². The topological polar surface area (TPSA) is 78.9 Å². The van der Waals surface area contributed by atoms with Gasteiger partial charge in [0.15, 0.2) is 0 Å². The van der Waals surface area contributed by atoms with Crippen molar-refractivity contribution >= 4 is 17.9 Å². The minimum absolute atomic E-state index is 0.118. The fourth-order valence-electron chi connectivity index (χ4n) is 3.34. The molecule has 1 aliphatic carbocycles. The Morgan fingerprint density at radius 1 is 1.23 bits per heavy atom. The first-order chi connectivity index (χ1) is 11.7. The quantitative estimate of drug-likeness (QED) is 0.422. The molecule has 6 heteroatoms. The summed E-state index contributed by atoms with van der Waals surface area (Å²) >= 11 is 0. The van der Waals surface area contributed by atoms with Crippen LogP contribution in [-0.2, 0) is 28.6 Å². The molecule has 2 fully saturated rings. The van der Waals surface area contributed by atoms with E-state index in [1.807, 2.05) is 13.8 Å². The lowest BCUT2D eigenvalue weighted by atomic mass is 9.70. The molecule has 0 aromatic rings. The van der Waals surface area contributed by atoms with Crippen molar-refractivity contribution in [3.63, 3.8) is 0 Å². The Morgan fingerprint density at radius 2 is 1.81 bits per heavy atom. The Hall–Kier alpha value is -1.85. The molecule has 1 heterocycles. The summed E-state index contributed by atoms with van der Waals surface area (Å²) in [4.78, 5) is 36.9. The van der Waals surface area contributed by atoms with Crippen LogP contribution < -0.4 is 0 Å². The Bertz CT molecular complexity index is 661. The van der Waals surface area contributed by atoms with E-state index in [9.17, 15) is 14.4 Å². The molecule has 0 radical (unpaired) electrons. The van der Waals surface area contributed by atoms with E-state index in [2.05, 4.69) is 6.58 Å². The van der Waals surface area contributed by atoms with Crippen molar-refractivity contribution in [2.75, 3.05) is 0 Å². The second-order valence-corrected chi connectivity index (χ2v) is 9.02. The molecule has 0 spiro atoms. The number of hydrogen-bond acceptors (Lipinski definition) is 6. The molecule has 0 amide bonds.